The van der Waals surface area contributed by atoms with E-state index in [1.807, 2.05) is 0 Å². The third-order valence-corrected chi connectivity index (χ3v) is 1.48. The molecule has 0 fully saturated rings. The second-order valence-electron chi connectivity index (χ2n) is 2.48. The number of carbonyl (C=O) groups is 2. The van der Waals surface area contributed by atoms with Crippen molar-refractivity contribution in [2.24, 2.45) is 0 Å². The number of carboxylic acid groups (broad SMARTS) is 1. The summed E-state index contributed by atoms with van der Waals surface area (Å²) >= 11 is 0. The van der Waals surface area contributed by atoms with Crippen LogP contribution in [-0.4, -0.2) is 48.0 Å². The quantitative estimate of drug-likeness (QED) is 0.495. The molecule has 0 saturated heterocycles. The van der Waals surface area contributed by atoms with Crippen molar-refractivity contribution in [3.63, 3.8) is 0 Å². The molecule has 0 aromatic heterocycles. The molecule has 0 aromatic carbocycles. The molecule has 0 aliphatic heterocycles. The van der Waals surface area contributed by atoms with Crippen molar-refractivity contribution >= 4 is 11.9 Å². The van der Waals surface area contributed by atoms with Crippen molar-refractivity contribution in [3.8, 4) is 0 Å². The molecule has 6 nitrogen and oxygen atoms in total. The lowest BCUT2D eigenvalue weighted by Crippen LogP contribution is -2.41. The maximum Gasteiger partial charge on any atom is 0.334 e. The standard InChI is InChI=1S/C7H13NO5/c1-4(13-2)6(10)8-3-5(9)7(11)12/h4-5,9H,3H2,1-2H3,(H,8,10)(H,11,12). The van der Waals surface area contributed by atoms with E-state index in [1.165, 1.54) is 14.0 Å². The van der Waals surface area contributed by atoms with Crippen LogP contribution in [0.25, 0.3) is 0 Å². The number of methoxy groups -OCH3 is 1. The normalized spacial score (nSPS) is 14.7. The van der Waals surface area contributed by atoms with Gasteiger partial charge in [0.1, 0.15) is 6.10 Å². The molecule has 0 aliphatic rings. The number of hydrogen-bond acceptors (Lipinski definition) is 4. The first-order valence-electron chi connectivity index (χ1n) is 3.70. The average molecular weight is 191 g/mol. The van der Waals surface area contributed by atoms with E-state index in [4.69, 9.17) is 10.2 Å². The third-order valence-electron chi connectivity index (χ3n) is 1.48. The Hall–Kier alpha value is -1.14. The lowest BCUT2D eigenvalue weighted by molar-refractivity contribution is -0.146. The molecule has 0 spiro atoms. The maximum atomic E-state index is 11.0. The maximum absolute atomic E-state index is 11.0. The van der Waals surface area contributed by atoms with Crippen molar-refractivity contribution in [1.82, 2.24) is 5.32 Å². The molecule has 0 heterocycles. The Balaban J connectivity index is 3.76. The zero-order valence-electron chi connectivity index (χ0n) is 7.48. The summed E-state index contributed by atoms with van der Waals surface area (Å²) in [5.41, 5.74) is 0. The number of carbonyl (C=O) groups excluding carboxylic acids is 1. The van der Waals surface area contributed by atoms with E-state index < -0.39 is 24.1 Å². The van der Waals surface area contributed by atoms with Crippen molar-refractivity contribution < 1.29 is 24.5 Å². The third kappa shape index (κ3) is 4.44. The molecule has 13 heavy (non-hydrogen) atoms. The number of rotatable bonds is 5. The second-order valence-corrected chi connectivity index (χ2v) is 2.48. The molecule has 76 valence electrons. The molecule has 0 bridgehead atoms. The highest BCUT2D eigenvalue weighted by Gasteiger charge is 2.16. The average Bonchev–Trinajstić information content (AvgIpc) is 2.11. The molecule has 3 N–H and O–H groups in total. The molecule has 0 rings (SSSR count). The number of carboxylic acids is 1. The van der Waals surface area contributed by atoms with Gasteiger partial charge in [0.05, 0.1) is 6.54 Å². The topological polar surface area (TPSA) is 95.9 Å². The van der Waals surface area contributed by atoms with Gasteiger partial charge < -0.3 is 20.3 Å². The predicted molar refractivity (Wildman–Crippen MR) is 43.1 cm³/mol. The largest absolute Gasteiger partial charge is 0.479 e. The van der Waals surface area contributed by atoms with Crippen LogP contribution in [0.1, 0.15) is 6.92 Å². The number of amides is 1. The van der Waals surface area contributed by atoms with Crippen LogP contribution in [0.5, 0.6) is 0 Å². The summed E-state index contributed by atoms with van der Waals surface area (Å²) < 4.78 is 4.66. The van der Waals surface area contributed by atoms with E-state index >= 15 is 0 Å². The summed E-state index contributed by atoms with van der Waals surface area (Å²) in [6, 6.07) is 0. The van der Waals surface area contributed by atoms with Gasteiger partial charge in [-0.1, -0.05) is 0 Å². The second kappa shape index (κ2) is 5.50. The highest BCUT2D eigenvalue weighted by Crippen LogP contribution is 1.87. The van der Waals surface area contributed by atoms with Crippen LogP contribution >= 0.6 is 0 Å². The van der Waals surface area contributed by atoms with E-state index in [9.17, 15) is 9.59 Å². The lowest BCUT2D eigenvalue weighted by Gasteiger charge is -2.11. The van der Waals surface area contributed by atoms with Crippen molar-refractivity contribution in [3.05, 3.63) is 0 Å². The predicted octanol–water partition coefficient (Wildman–Crippen LogP) is -1.42. The van der Waals surface area contributed by atoms with Gasteiger partial charge in [-0.2, -0.15) is 0 Å². The van der Waals surface area contributed by atoms with Crippen molar-refractivity contribution in [1.29, 1.82) is 0 Å². The monoisotopic (exact) mass is 191 g/mol. The van der Waals surface area contributed by atoms with Gasteiger partial charge in [-0.3, -0.25) is 4.79 Å². The Morgan fingerprint density at radius 1 is 1.54 bits per heavy atom. The zero-order valence-corrected chi connectivity index (χ0v) is 7.48. The van der Waals surface area contributed by atoms with E-state index in [2.05, 4.69) is 10.1 Å². The molecule has 2 unspecified atom stereocenters. The van der Waals surface area contributed by atoms with Crippen LogP contribution in [0, 0.1) is 0 Å². The minimum atomic E-state index is -1.58. The Bertz CT molecular complexity index is 193. The molecule has 0 radical (unpaired) electrons. The van der Waals surface area contributed by atoms with Crippen LogP contribution in [-0.2, 0) is 14.3 Å². The fourth-order valence-corrected chi connectivity index (χ4v) is 0.535. The Labute approximate surface area is 75.5 Å². The van der Waals surface area contributed by atoms with Gasteiger partial charge in [-0.25, -0.2) is 4.79 Å². The van der Waals surface area contributed by atoms with Crippen LogP contribution in [0.2, 0.25) is 0 Å². The number of aliphatic carboxylic acids is 1. The molecular weight excluding hydrogens is 178 g/mol. The first-order valence-corrected chi connectivity index (χ1v) is 3.70. The summed E-state index contributed by atoms with van der Waals surface area (Å²) in [5, 5.41) is 19.3. The Morgan fingerprint density at radius 3 is 2.46 bits per heavy atom. The summed E-state index contributed by atoms with van der Waals surface area (Å²) in [4.78, 5) is 21.1. The number of aliphatic hydroxyl groups is 1. The van der Waals surface area contributed by atoms with Crippen LogP contribution in [0.3, 0.4) is 0 Å². The molecule has 0 aromatic rings. The summed E-state index contributed by atoms with van der Waals surface area (Å²) in [7, 11) is 1.36. The van der Waals surface area contributed by atoms with Gasteiger partial charge in [-0.05, 0) is 6.92 Å². The van der Waals surface area contributed by atoms with Gasteiger partial charge in [-0.15, -0.1) is 0 Å². The van der Waals surface area contributed by atoms with Gasteiger partial charge in [0.2, 0.25) is 5.91 Å². The SMILES string of the molecule is COC(C)C(=O)NCC(O)C(=O)O. The minimum Gasteiger partial charge on any atom is -0.479 e. The number of ether oxygens (including phenoxy) is 1. The number of nitrogens with one attached hydrogen (secondary N) is 1. The summed E-state index contributed by atoms with van der Waals surface area (Å²) in [6.45, 7) is 1.20. The highest BCUT2D eigenvalue weighted by molar-refractivity contribution is 5.81. The van der Waals surface area contributed by atoms with Gasteiger partial charge >= 0.3 is 5.97 Å². The summed E-state index contributed by atoms with van der Waals surface area (Å²) in [6.07, 6.45) is -2.23. The minimum absolute atomic E-state index is 0.318. The van der Waals surface area contributed by atoms with Gasteiger partial charge in [0.25, 0.3) is 0 Å². The summed E-state index contributed by atoms with van der Waals surface area (Å²) in [5.74, 6) is -1.83. The number of hydrogen-bond donors (Lipinski definition) is 3. The van der Waals surface area contributed by atoms with Crippen LogP contribution in [0.15, 0.2) is 0 Å². The van der Waals surface area contributed by atoms with Crippen LogP contribution in [0.4, 0.5) is 0 Å². The van der Waals surface area contributed by atoms with E-state index in [0.717, 1.165) is 0 Å². The Kier molecular flexibility index (Phi) is 5.01. The van der Waals surface area contributed by atoms with Crippen molar-refractivity contribution in [2.75, 3.05) is 13.7 Å². The molecule has 2 atom stereocenters. The molecule has 0 saturated carbocycles. The van der Waals surface area contributed by atoms with Gasteiger partial charge in [0, 0.05) is 7.11 Å². The van der Waals surface area contributed by atoms with E-state index in [1.54, 1.807) is 0 Å². The smallest absolute Gasteiger partial charge is 0.334 e. The molecule has 6 heteroatoms. The zero-order chi connectivity index (χ0) is 10.4. The molecule has 0 aliphatic carbocycles. The van der Waals surface area contributed by atoms with Gasteiger partial charge in [0.15, 0.2) is 6.10 Å². The van der Waals surface area contributed by atoms with E-state index in [0.29, 0.717) is 0 Å². The highest BCUT2D eigenvalue weighted by atomic mass is 16.5. The fraction of sp³-hybridized carbons (Fsp3) is 0.714. The first-order chi connectivity index (χ1) is 5.99. The number of aliphatic hydroxyl groups excluding tert-OH is 1. The molecular formula is C7H13NO5. The van der Waals surface area contributed by atoms with E-state index in [-0.39, 0.29) is 6.54 Å². The van der Waals surface area contributed by atoms with Crippen molar-refractivity contribution in [2.45, 2.75) is 19.1 Å². The molecule has 1 amide bonds. The lowest BCUT2D eigenvalue weighted by atomic mass is 10.3. The Morgan fingerprint density at radius 2 is 2.08 bits per heavy atom. The first kappa shape index (κ1) is 11.9. The fourth-order valence-electron chi connectivity index (χ4n) is 0.535. The van der Waals surface area contributed by atoms with Crippen LogP contribution < -0.4 is 5.32 Å².